The van der Waals surface area contributed by atoms with E-state index in [4.69, 9.17) is 0 Å². The minimum atomic E-state index is -5.64. The third-order valence-electron chi connectivity index (χ3n) is 5.61. The molecule has 2 aromatic rings. The number of alkyl halides is 6. The van der Waals surface area contributed by atoms with E-state index in [0.717, 1.165) is 11.3 Å². The Bertz CT molecular complexity index is 1030. The number of aromatic carboxylic acids is 1. The van der Waals surface area contributed by atoms with Gasteiger partial charge in [0, 0.05) is 35.9 Å². The van der Waals surface area contributed by atoms with Gasteiger partial charge in [-0.3, -0.25) is 0 Å². The fourth-order valence-corrected chi connectivity index (χ4v) is 4.74. The van der Waals surface area contributed by atoms with Crippen LogP contribution in [0.1, 0.15) is 34.3 Å². The Kier molecular flexibility index (Phi) is 4.98. The van der Waals surface area contributed by atoms with Crippen molar-refractivity contribution in [3.8, 4) is 0 Å². The van der Waals surface area contributed by atoms with Gasteiger partial charge in [-0.1, -0.05) is 0 Å². The van der Waals surface area contributed by atoms with Crippen LogP contribution >= 0.6 is 11.3 Å². The van der Waals surface area contributed by atoms with Crippen LogP contribution in [0.15, 0.2) is 27.9 Å². The highest BCUT2D eigenvalue weighted by atomic mass is 32.1. The molecule has 0 saturated heterocycles. The van der Waals surface area contributed by atoms with E-state index in [1.54, 1.807) is 5.38 Å². The number of aromatic nitrogens is 1. The van der Waals surface area contributed by atoms with Gasteiger partial charge in [0.05, 0.1) is 5.56 Å². The number of nitrogens with zero attached hydrogens (tertiary/aromatic N) is 4. The summed E-state index contributed by atoms with van der Waals surface area (Å²) >= 11 is 1.03. The van der Waals surface area contributed by atoms with Crippen LogP contribution in [0.2, 0.25) is 0 Å². The first kappa shape index (κ1) is 21.5. The van der Waals surface area contributed by atoms with Crippen molar-refractivity contribution in [2.45, 2.75) is 37.0 Å². The monoisotopic (exact) mass is 464 g/mol. The standard InChI is InChI=1S/C18H14F6N4O2S/c19-17(20,21)16(18(22,23)24)3-6-28-5-1-2-9-12(14(29)30)11(8-10(16)13(9)28)26-27-15-25-4-7-31-15/h4,7-8H,1-3,5-6H2,(H,29,30). The SMILES string of the molecule is O=C(O)c1c(N=Nc2nccs2)cc2c3c1CCCN3CCC2(C(F)(F)F)C(F)(F)F. The van der Waals surface area contributed by atoms with Crippen LogP contribution in [0.3, 0.4) is 0 Å². The maximum Gasteiger partial charge on any atom is 0.407 e. The van der Waals surface area contributed by atoms with Gasteiger partial charge in [0.25, 0.3) is 0 Å². The molecule has 0 atom stereocenters. The highest BCUT2D eigenvalue weighted by Gasteiger charge is 2.73. The van der Waals surface area contributed by atoms with Gasteiger partial charge in [-0.15, -0.1) is 21.6 Å². The van der Waals surface area contributed by atoms with Gasteiger partial charge in [-0.25, -0.2) is 9.78 Å². The second kappa shape index (κ2) is 7.18. The zero-order valence-corrected chi connectivity index (χ0v) is 16.4. The Morgan fingerprint density at radius 3 is 2.45 bits per heavy atom. The quantitative estimate of drug-likeness (QED) is 0.462. The first-order valence-corrected chi connectivity index (χ1v) is 9.98. The summed E-state index contributed by atoms with van der Waals surface area (Å²) in [7, 11) is 0. The Morgan fingerprint density at radius 2 is 1.87 bits per heavy atom. The zero-order valence-electron chi connectivity index (χ0n) is 15.6. The molecule has 6 nitrogen and oxygen atoms in total. The molecule has 4 rings (SSSR count). The van der Waals surface area contributed by atoms with E-state index < -0.39 is 53.5 Å². The van der Waals surface area contributed by atoms with Crippen molar-refractivity contribution in [3.63, 3.8) is 0 Å². The molecule has 0 spiro atoms. The number of carboxylic acid groups (broad SMARTS) is 1. The molecular formula is C18H14F6N4O2S. The Morgan fingerprint density at radius 1 is 1.16 bits per heavy atom. The van der Waals surface area contributed by atoms with Gasteiger partial charge < -0.3 is 10.0 Å². The van der Waals surface area contributed by atoms with E-state index in [1.807, 2.05) is 0 Å². The number of rotatable bonds is 3. The highest BCUT2D eigenvalue weighted by Crippen LogP contribution is 2.60. The molecule has 166 valence electrons. The molecule has 3 heterocycles. The second-order valence-corrected chi connectivity index (χ2v) is 8.08. The summed E-state index contributed by atoms with van der Waals surface area (Å²) in [5, 5.41) is 18.8. The lowest BCUT2D eigenvalue weighted by atomic mass is 9.70. The van der Waals surface area contributed by atoms with Crippen molar-refractivity contribution in [1.29, 1.82) is 0 Å². The van der Waals surface area contributed by atoms with Crippen LogP contribution in [0.5, 0.6) is 0 Å². The van der Waals surface area contributed by atoms with Gasteiger partial charge in [0.1, 0.15) is 5.69 Å². The number of carbonyl (C=O) groups is 1. The molecule has 0 bridgehead atoms. The lowest BCUT2D eigenvalue weighted by Crippen LogP contribution is -2.59. The Hall–Kier alpha value is -2.70. The summed E-state index contributed by atoms with van der Waals surface area (Å²) in [5.41, 5.74) is -6.53. The van der Waals surface area contributed by atoms with Crippen molar-refractivity contribution >= 4 is 33.8 Å². The molecule has 2 aliphatic rings. The van der Waals surface area contributed by atoms with E-state index in [1.165, 1.54) is 11.1 Å². The first-order valence-electron chi connectivity index (χ1n) is 9.10. The molecule has 0 radical (unpaired) electrons. The van der Waals surface area contributed by atoms with E-state index >= 15 is 0 Å². The van der Waals surface area contributed by atoms with Gasteiger partial charge in [-0.05, 0) is 30.9 Å². The maximum atomic E-state index is 14.0. The fraction of sp³-hybridized carbons (Fsp3) is 0.444. The summed E-state index contributed by atoms with van der Waals surface area (Å²) < 4.78 is 84.2. The van der Waals surface area contributed by atoms with Crippen molar-refractivity contribution in [2.24, 2.45) is 10.2 Å². The van der Waals surface area contributed by atoms with Crippen LogP contribution in [-0.2, 0) is 11.8 Å². The average Bonchev–Trinajstić information content (AvgIpc) is 3.18. The van der Waals surface area contributed by atoms with Gasteiger partial charge in [0.2, 0.25) is 5.13 Å². The van der Waals surface area contributed by atoms with Crippen molar-refractivity contribution in [1.82, 2.24) is 4.98 Å². The molecular weight excluding hydrogens is 450 g/mol. The second-order valence-electron chi connectivity index (χ2n) is 7.21. The number of hydrogen-bond acceptors (Lipinski definition) is 6. The van der Waals surface area contributed by atoms with Gasteiger partial charge >= 0.3 is 18.3 Å². The molecule has 31 heavy (non-hydrogen) atoms. The minimum Gasteiger partial charge on any atom is -0.478 e. The summed E-state index contributed by atoms with van der Waals surface area (Å²) in [5.74, 6) is -1.50. The predicted molar refractivity (Wildman–Crippen MR) is 98.6 cm³/mol. The molecule has 0 aliphatic carbocycles. The summed E-state index contributed by atoms with van der Waals surface area (Å²) in [6.07, 6.45) is -10.7. The van der Waals surface area contributed by atoms with Crippen LogP contribution in [0.25, 0.3) is 0 Å². The lowest BCUT2D eigenvalue weighted by molar-refractivity contribution is -0.305. The predicted octanol–water partition coefficient (Wildman–Crippen LogP) is 5.78. The molecule has 1 aromatic carbocycles. The Balaban J connectivity index is 2.06. The Labute approximate surface area is 175 Å². The molecule has 0 saturated carbocycles. The van der Waals surface area contributed by atoms with E-state index in [-0.39, 0.29) is 29.3 Å². The molecule has 1 aromatic heterocycles. The van der Waals surface area contributed by atoms with Gasteiger partial charge in [-0.2, -0.15) is 26.3 Å². The van der Waals surface area contributed by atoms with Crippen LogP contribution in [0.4, 0.5) is 42.8 Å². The molecule has 13 heteroatoms. The number of halogens is 6. The number of anilines is 1. The normalized spacial score (nSPS) is 18.3. The zero-order chi connectivity index (χ0) is 22.6. The number of carboxylic acids is 1. The van der Waals surface area contributed by atoms with Crippen LogP contribution in [0, 0.1) is 0 Å². The number of benzene rings is 1. The highest BCUT2D eigenvalue weighted by molar-refractivity contribution is 7.13. The summed E-state index contributed by atoms with van der Waals surface area (Å²) in [6.45, 7) is -0.247. The molecule has 0 fully saturated rings. The number of thiazole rings is 1. The van der Waals surface area contributed by atoms with E-state index in [2.05, 4.69) is 15.2 Å². The van der Waals surface area contributed by atoms with E-state index in [0.29, 0.717) is 12.5 Å². The smallest absolute Gasteiger partial charge is 0.407 e. The van der Waals surface area contributed by atoms with Crippen LogP contribution < -0.4 is 4.90 Å². The van der Waals surface area contributed by atoms with Crippen molar-refractivity contribution in [2.75, 3.05) is 18.0 Å². The average molecular weight is 464 g/mol. The lowest BCUT2D eigenvalue weighted by Gasteiger charge is -2.48. The summed E-state index contributed by atoms with van der Waals surface area (Å²) in [4.78, 5) is 17.2. The first-order chi connectivity index (χ1) is 14.5. The summed E-state index contributed by atoms with van der Waals surface area (Å²) in [6, 6.07) is 0.581. The molecule has 1 N–H and O–H groups in total. The van der Waals surface area contributed by atoms with Crippen LogP contribution in [-0.4, -0.2) is 41.5 Å². The number of azo groups is 1. The largest absolute Gasteiger partial charge is 0.478 e. The third kappa shape index (κ3) is 3.25. The topological polar surface area (TPSA) is 78.1 Å². The van der Waals surface area contributed by atoms with Gasteiger partial charge in [0.15, 0.2) is 5.41 Å². The number of hydrogen-bond donors (Lipinski definition) is 1. The molecule has 2 aliphatic heterocycles. The maximum absolute atomic E-state index is 14.0. The third-order valence-corrected chi connectivity index (χ3v) is 6.27. The molecule has 0 amide bonds. The van der Waals surface area contributed by atoms with Crippen molar-refractivity contribution < 1.29 is 36.2 Å². The fourth-order valence-electron chi connectivity index (χ4n) is 4.29. The van der Waals surface area contributed by atoms with E-state index in [9.17, 15) is 36.2 Å². The minimum absolute atomic E-state index is 0.0207. The molecule has 0 unspecified atom stereocenters. The van der Waals surface area contributed by atoms with Crippen molar-refractivity contribution in [3.05, 3.63) is 34.3 Å².